The summed E-state index contributed by atoms with van der Waals surface area (Å²) in [5.41, 5.74) is 0.923. The molecule has 1 aromatic carbocycles. The van der Waals surface area contributed by atoms with Gasteiger partial charge in [0.2, 0.25) is 0 Å². The van der Waals surface area contributed by atoms with Crippen molar-refractivity contribution in [3.63, 3.8) is 0 Å². The third-order valence-electron chi connectivity index (χ3n) is 4.46. The first-order valence-corrected chi connectivity index (χ1v) is 10.6. The number of aromatic nitrogens is 2. The minimum atomic E-state index is -4.00. The van der Waals surface area contributed by atoms with E-state index in [2.05, 4.69) is 4.98 Å². The number of ether oxygens (including phenoxy) is 2. The minimum absolute atomic E-state index is 0.000406. The molecule has 0 bridgehead atoms. The maximum atomic E-state index is 12.5. The second-order valence-corrected chi connectivity index (χ2v) is 8.36. The van der Waals surface area contributed by atoms with Crippen LogP contribution >= 0.6 is 0 Å². The normalized spacial score (nSPS) is 18.4. The number of benzene rings is 1. The van der Waals surface area contributed by atoms with E-state index < -0.39 is 27.4 Å². The molecule has 29 heavy (non-hydrogen) atoms. The predicted octanol–water partition coefficient (Wildman–Crippen LogP) is 2.42. The van der Waals surface area contributed by atoms with E-state index in [9.17, 15) is 18.5 Å². The molecular formula is C18H23N3O7S. The smallest absolute Gasteiger partial charge is 0.390 e. The molecular weight excluding hydrogens is 402 g/mol. The van der Waals surface area contributed by atoms with Crippen LogP contribution in [0.2, 0.25) is 0 Å². The molecule has 0 N–H and O–H groups in total. The van der Waals surface area contributed by atoms with Gasteiger partial charge in [-0.25, -0.2) is 4.57 Å². The Kier molecular flexibility index (Phi) is 6.96. The average Bonchev–Trinajstić information content (AvgIpc) is 3.16. The zero-order valence-electron chi connectivity index (χ0n) is 16.0. The van der Waals surface area contributed by atoms with Gasteiger partial charge in [-0.2, -0.15) is 8.42 Å². The fourth-order valence-corrected chi connectivity index (χ4v) is 3.88. The standard InChI is InChI=1S/C18H23N3O7S/c1-14-5-7-16(8-6-14)29(24,25)27-13-15(28-17-4-2-3-11-26-17)12-20-10-9-19-18(20)21(22)23/h5-10,15,17H,2-4,11-13H2,1H3/t15-,17-/m1/s1. The minimum Gasteiger partial charge on any atom is -0.390 e. The van der Waals surface area contributed by atoms with Crippen molar-refractivity contribution in [2.75, 3.05) is 13.2 Å². The van der Waals surface area contributed by atoms with Gasteiger partial charge in [0, 0.05) is 6.61 Å². The van der Waals surface area contributed by atoms with Crippen LogP contribution in [-0.2, 0) is 30.3 Å². The number of nitro groups is 1. The lowest BCUT2D eigenvalue weighted by atomic mass is 10.2. The second kappa shape index (κ2) is 9.44. The van der Waals surface area contributed by atoms with Gasteiger partial charge in [-0.05, 0) is 43.2 Å². The van der Waals surface area contributed by atoms with Crippen LogP contribution in [-0.4, -0.2) is 48.5 Å². The summed E-state index contributed by atoms with van der Waals surface area (Å²) in [4.78, 5) is 14.2. The largest absolute Gasteiger partial charge is 0.434 e. The Labute approximate surface area is 168 Å². The number of hydrogen-bond donors (Lipinski definition) is 0. The molecule has 0 saturated carbocycles. The van der Waals surface area contributed by atoms with Crippen LogP contribution in [0, 0.1) is 17.0 Å². The lowest BCUT2D eigenvalue weighted by Crippen LogP contribution is -2.34. The molecule has 2 heterocycles. The number of imidazole rings is 1. The van der Waals surface area contributed by atoms with Gasteiger partial charge < -0.3 is 19.6 Å². The van der Waals surface area contributed by atoms with Crippen LogP contribution in [0.15, 0.2) is 41.6 Å². The van der Waals surface area contributed by atoms with Gasteiger partial charge >= 0.3 is 5.95 Å². The first-order valence-electron chi connectivity index (χ1n) is 9.24. The van der Waals surface area contributed by atoms with Crippen molar-refractivity contribution in [2.45, 2.75) is 50.0 Å². The van der Waals surface area contributed by atoms with E-state index in [0.29, 0.717) is 13.0 Å². The van der Waals surface area contributed by atoms with Gasteiger partial charge in [-0.15, -0.1) is 0 Å². The molecule has 3 rings (SSSR count). The summed E-state index contributed by atoms with van der Waals surface area (Å²) in [6.07, 6.45) is 3.95. The highest BCUT2D eigenvalue weighted by Crippen LogP contribution is 2.20. The van der Waals surface area contributed by atoms with E-state index in [4.69, 9.17) is 13.7 Å². The van der Waals surface area contributed by atoms with E-state index in [0.717, 1.165) is 18.4 Å². The summed E-state index contributed by atoms with van der Waals surface area (Å²) >= 11 is 0. The lowest BCUT2D eigenvalue weighted by Gasteiger charge is -2.27. The number of nitrogens with zero attached hydrogens (tertiary/aromatic N) is 3. The van der Waals surface area contributed by atoms with Gasteiger partial charge in [-0.1, -0.05) is 22.7 Å². The fourth-order valence-electron chi connectivity index (χ4n) is 2.94. The molecule has 0 radical (unpaired) electrons. The quantitative estimate of drug-likeness (QED) is 0.341. The molecule has 0 amide bonds. The second-order valence-electron chi connectivity index (χ2n) is 6.74. The average molecular weight is 425 g/mol. The molecule has 158 valence electrons. The van der Waals surface area contributed by atoms with Crippen molar-refractivity contribution in [3.05, 3.63) is 52.3 Å². The van der Waals surface area contributed by atoms with Crippen LogP contribution in [0.1, 0.15) is 24.8 Å². The van der Waals surface area contributed by atoms with Crippen LogP contribution in [0.4, 0.5) is 5.95 Å². The van der Waals surface area contributed by atoms with Crippen molar-refractivity contribution in [3.8, 4) is 0 Å². The predicted molar refractivity (Wildman–Crippen MR) is 102 cm³/mol. The molecule has 0 aliphatic carbocycles. The highest BCUT2D eigenvalue weighted by Gasteiger charge is 2.27. The number of rotatable bonds is 9. The van der Waals surface area contributed by atoms with Crippen LogP contribution < -0.4 is 0 Å². The maximum Gasteiger partial charge on any atom is 0.434 e. The lowest BCUT2D eigenvalue weighted by molar-refractivity contribution is -0.397. The Morgan fingerprint density at radius 3 is 2.76 bits per heavy atom. The Hall–Kier alpha value is -2.34. The highest BCUT2D eigenvalue weighted by molar-refractivity contribution is 7.86. The van der Waals surface area contributed by atoms with E-state index >= 15 is 0 Å². The zero-order chi connectivity index (χ0) is 20.9. The monoisotopic (exact) mass is 425 g/mol. The summed E-state index contributed by atoms with van der Waals surface area (Å²) in [6.45, 7) is 2.08. The third-order valence-corrected chi connectivity index (χ3v) is 5.75. The Morgan fingerprint density at radius 1 is 1.34 bits per heavy atom. The maximum absolute atomic E-state index is 12.5. The van der Waals surface area contributed by atoms with Crippen molar-refractivity contribution in [1.82, 2.24) is 9.55 Å². The molecule has 1 saturated heterocycles. The van der Waals surface area contributed by atoms with Crippen LogP contribution in [0.25, 0.3) is 0 Å². The summed E-state index contributed by atoms with van der Waals surface area (Å²) < 4.78 is 42.9. The van der Waals surface area contributed by atoms with Crippen molar-refractivity contribution < 1.29 is 27.0 Å². The third kappa shape index (κ3) is 5.82. The topological polar surface area (TPSA) is 123 Å². The van der Waals surface area contributed by atoms with Gasteiger partial charge in [0.1, 0.15) is 25.0 Å². The van der Waals surface area contributed by atoms with Gasteiger partial charge in [0.05, 0.1) is 11.5 Å². The molecule has 0 spiro atoms. The van der Waals surface area contributed by atoms with Crippen LogP contribution in [0.3, 0.4) is 0 Å². The van der Waals surface area contributed by atoms with Gasteiger partial charge in [0.15, 0.2) is 6.29 Å². The summed E-state index contributed by atoms with van der Waals surface area (Å²) in [5.74, 6) is -0.357. The Bertz CT molecular complexity index is 921. The molecule has 2 atom stereocenters. The highest BCUT2D eigenvalue weighted by atomic mass is 32.2. The Balaban J connectivity index is 1.72. The number of hydrogen-bond acceptors (Lipinski definition) is 8. The van der Waals surface area contributed by atoms with Gasteiger partial charge in [0.25, 0.3) is 10.1 Å². The summed E-state index contributed by atoms with van der Waals surface area (Å²) in [7, 11) is -4.00. The molecule has 1 aliphatic heterocycles. The molecule has 0 unspecified atom stereocenters. The molecule has 1 aliphatic rings. The van der Waals surface area contributed by atoms with E-state index in [-0.39, 0.29) is 24.0 Å². The molecule has 1 fully saturated rings. The van der Waals surface area contributed by atoms with Gasteiger partial charge in [-0.3, -0.25) is 4.18 Å². The Morgan fingerprint density at radius 2 is 2.10 bits per heavy atom. The van der Waals surface area contributed by atoms with Crippen LogP contribution in [0.5, 0.6) is 0 Å². The van der Waals surface area contributed by atoms with E-state index in [1.54, 1.807) is 12.1 Å². The molecule has 2 aromatic rings. The molecule has 11 heteroatoms. The van der Waals surface area contributed by atoms with E-state index in [1.807, 2.05) is 6.92 Å². The fraction of sp³-hybridized carbons (Fsp3) is 0.500. The molecule has 10 nitrogen and oxygen atoms in total. The first kappa shape index (κ1) is 21.4. The first-order chi connectivity index (χ1) is 13.8. The summed E-state index contributed by atoms with van der Waals surface area (Å²) in [6, 6.07) is 6.28. The summed E-state index contributed by atoms with van der Waals surface area (Å²) in [5, 5.41) is 11.1. The SMILES string of the molecule is Cc1ccc(S(=O)(=O)OC[C@@H](Cn2ccnc2[N+](=O)[O-])O[C@@H]2CCCCO2)cc1. The zero-order valence-corrected chi connectivity index (χ0v) is 16.8. The van der Waals surface area contributed by atoms with Crippen molar-refractivity contribution in [2.24, 2.45) is 0 Å². The van der Waals surface area contributed by atoms with E-state index in [1.165, 1.54) is 29.1 Å². The van der Waals surface area contributed by atoms with Crippen molar-refractivity contribution >= 4 is 16.1 Å². The van der Waals surface area contributed by atoms with Crippen molar-refractivity contribution in [1.29, 1.82) is 0 Å². The number of aryl methyl sites for hydroxylation is 1. The molecule has 1 aromatic heterocycles.